The number of esters is 1. The van der Waals surface area contributed by atoms with Crippen LogP contribution < -0.4 is 10.0 Å². The largest absolute Gasteiger partial charge is 0.462 e. The lowest BCUT2D eigenvalue weighted by Crippen LogP contribution is -2.17. The highest BCUT2D eigenvalue weighted by molar-refractivity contribution is 7.92. The number of nitrogens with one attached hydrogen (secondary N) is 2. The van der Waals surface area contributed by atoms with Crippen LogP contribution in [0.1, 0.15) is 44.3 Å². The molecule has 172 valence electrons. The zero-order chi connectivity index (χ0) is 24.2. The van der Waals surface area contributed by atoms with Gasteiger partial charge in [-0.25, -0.2) is 13.2 Å². The van der Waals surface area contributed by atoms with Gasteiger partial charge < -0.3 is 10.1 Å². The van der Waals surface area contributed by atoms with Crippen LogP contribution in [0.4, 0.5) is 11.4 Å². The van der Waals surface area contributed by atoms with E-state index in [2.05, 4.69) is 10.0 Å². The van der Waals surface area contributed by atoms with Crippen molar-refractivity contribution in [3.05, 3.63) is 88.5 Å². The van der Waals surface area contributed by atoms with Gasteiger partial charge in [0.1, 0.15) is 0 Å². The van der Waals surface area contributed by atoms with Gasteiger partial charge in [-0.15, -0.1) is 0 Å². The Bertz CT molecular complexity index is 1300. The van der Waals surface area contributed by atoms with Gasteiger partial charge in [0.15, 0.2) is 0 Å². The summed E-state index contributed by atoms with van der Waals surface area (Å²) >= 11 is 0. The molecular weight excluding hydrogens is 440 g/mol. The van der Waals surface area contributed by atoms with E-state index in [-0.39, 0.29) is 17.1 Å². The average molecular weight is 467 g/mol. The maximum atomic E-state index is 13.1. The quantitative estimate of drug-likeness (QED) is 0.485. The van der Waals surface area contributed by atoms with Gasteiger partial charge in [0, 0.05) is 11.3 Å². The molecule has 0 aliphatic carbocycles. The Morgan fingerprint density at radius 1 is 0.848 bits per heavy atom. The van der Waals surface area contributed by atoms with Crippen LogP contribution in [0, 0.1) is 20.8 Å². The Labute approximate surface area is 193 Å². The molecule has 0 radical (unpaired) electrons. The second kappa shape index (κ2) is 9.87. The van der Waals surface area contributed by atoms with Crippen LogP contribution in [0.25, 0.3) is 0 Å². The molecule has 0 bridgehead atoms. The van der Waals surface area contributed by atoms with Gasteiger partial charge in [0.2, 0.25) is 0 Å². The zero-order valence-corrected chi connectivity index (χ0v) is 19.7. The number of rotatable bonds is 7. The number of carbonyl (C=O) groups excluding carboxylic acids is 2. The van der Waals surface area contributed by atoms with E-state index in [1.54, 1.807) is 56.3 Å². The first kappa shape index (κ1) is 24.0. The number of ether oxygens (including phenoxy) is 1. The monoisotopic (exact) mass is 466 g/mol. The topological polar surface area (TPSA) is 102 Å². The van der Waals surface area contributed by atoms with Crippen molar-refractivity contribution in [2.24, 2.45) is 0 Å². The van der Waals surface area contributed by atoms with E-state index in [9.17, 15) is 18.0 Å². The van der Waals surface area contributed by atoms with Gasteiger partial charge in [-0.3, -0.25) is 9.52 Å². The molecule has 1 amide bonds. The second-order valence-electron chi connectivity index (χ2n) is 7.66. The van der Waals surface area contributed by atoms with Crippen LogP contribution in [0.3, 0.4) is 0 Å². The molecule has 0 saturated heterocycles. The predicted octanol–water partition coefficient (Wildman–Crippen LogP) is 4.84. The van der Waals surface area contributed by atoms with Crippen LogP contribution in [0.5, 0.6) is 0 Å². The minimum absolute atomic E-state index is 0.0211. The molecule has 0 spiro atoms. The zero-order valence-electron chi connectivity index (χ0n) is 18.9. The molecule has 2 N–H and O–H groups in total. The van der Waals surface area contributed by atoms with Crippen molar-refractivity contribution in [1.29, 1.82) is 0 Å². The molecule has 0 aromatic heterocycles. The molecule has 33 heavy (non-hydrogen) atoms. The van der Waals surface area contributed by atoms with Crippen LogP contribution in [-0.2, 0) is 14.8 Å². The Hall–Kier alpha value is -3.65. The van der Waals surface area contributed by atoms with Crippen molar-refractivity contribution < 1.29 is 22.7 Å². The molecule has 8 heteroatoms. The van der Waals surface area contributed by atoms with Gasteiger partial charge in [-0.2, -0.15) is 0 Å². The van der Waals surface area contributed by atoms with E-state index in [1.807, 2.05) is 26.0 Å². The number of aryl methyl sites for hydroxylation is 3. The van der Waals surface area contributed by atoms with E-state index in [4.69, 9.17) is 4.74 Å². The van der Waals surface area contributed by atoms with Gasteiger partial charge in [-0.05, 0) is 81.3 Å². The van der Waals surface area contributed by atoms with E-state index in [1.165, 1.54) is 6.07 Å². The van der Waals surface area contributed by atoms with Crippen molar-refractivity contribution >= 4 is 33.3 Å². The fraction of sp³-hybridized carbons (Fsp3) is 0.200. The second-order valence-corrected chi connectivity index (χ2v) is 9.31. The minimum Gasteiger partial charge on any atom is -0.462 e. The third kappa shape index (κ3) is 5.78. The van der Waals surface area contributed by atoms with Gasteiger partial charge >= 0.3 is 5.97 Å². The number of anilines is 2. The molecule has 3 rings (SSSR count). The predicted molar refractivity (Wildman–Crippen MR) is 128 cm³/mol. The summed E-state index contributed by atoms with van der Waals surface area (Å²) in [6.07, 6.45) is 0. The number of amides is 1. The molecule has 0 fully saturated rings. The summed E-state index contributed by atoms with van der Waals surface area (Å²) in [6, 6.07) is 16.2. The molecule has 7 nitrogen and oxygen atoms in total. The fourth-order valence-corrected chi connectivity index (χ4v) is 4.67. The lowest BCUT2D eigenvalue weighted by Gasteiger charge is -2.14. The van der Waals surface area contributed by atoms with Gasteiger partial charge in [0.25, 0.3) is 15.9 Å². The van der Waals surface area contributed by atoms with Crippen LogP contribution in [0.15, 0.2) is 65.6 Å². The molecule has 3 aromatic carbocycles. The van der Waals surface area contributed by atoms with E-state index in [0.717, 1.165) is 11.1 Å². The molecule has 0 unspecified atom stereocenters. The molecule has 0 heterocycles. The van der Waals surface area contributed by atoms with Crippen molar-refractivity contribution in [3.8, 4) is 0 Å². The molecule has 0 atom stereocenters. The van der Waals surface area contributed by atoms with Crippen LogP contribution >= 0.6 is 0 Å². The SMILES string of the molecule is CCOC(=O)c1ccc(NC(=O)c2ccc(C)c(S(=O)(=O)Nc3ccc(C)cc3C)c2)cc1. The summed E-state index contributed by atoms with van der Waals surface area (Å²) in [5.41, 5.74) is 3.86. The van der Waals surface area contributed by atoms with Crippen LogP contribution in [-0.4, -0.2) is 26.9 Å². The molecule has 3 aromatic rings. The lowest BCUT2D eigenvalue weighted by atomic mass is 10.1. The first-order valence-electron chi connectivity index (χ1n) is 10.4. The summed E-state index contributed by atoms with van der Waals surface area (Å²) in [5, 5.41) is 2.71. The summed E-state index contributed by atoms with van der Waals surface area (Å²) in [6.45, 7) is 7.43. The number of sulfonamides is 1. The first-order chi connectivity index (χ1) is 15.6. The maximum absolute atomic E-state index is 13.1. The minimum atomic E-state index is -3.91. The fourth-order valence-electron chi connectivity index (χ4n) is 3.27. The molecule has 0 aliphatic rings. The van der Waals surface area contributed by atoms with Gasteiger partial charge in [0.05, 0.1) is 22.8 Å². The summed E-state index contributed by atoms with van der Waals surface area (Å²) < 4.78 is 33.7. The standard InChI is InChI=1S/C25H26N2O5S/c1-5-32-25(29)19-9-11-21(12-10-19)26-24(28)20-8-7-17(3)23(15-20)33(30,31)27-22-13-6-16(2)14-18(22)4/h6-15,27H,5H2,1-4H3,(H,26,28). The molecule has 0 saturated carbocycles. The van der Waals surface area contributed by atoms with Crippen LogP contribution in [0.2, 0.25) is 0 Å². The number of hydrogen-bond acceptors (Lipinski definition) is 5. The summed E-state index contributed by atoms with van der Waals surface area (Å²) in [5.74, 6) is -0.915. The number of hydrogen-bond donors (Lipinski definition) is 2. The Balaban J connectivity index is 1.81. The highest BCUT2D eigenvalue weighted by Crippen LogP contribution is 2.24. The van der Waals surface area contributed by atoms with E-state index in [0.29, 0.717) is 22.5 Å². The summed E-state index contributed by atoms with van der Waals surface area (Å²) in [7, 11) is -3.91. The Morgan fingerprint density at radius 3 is 2.15 bits per heavy atom. The third-order valence-corrected chi connectivity index (χ3v) is 6.53. The van der Waals surface area contributed by atoms with Crippen molar-refractivity contribution in [3.63, 3.8) is 0 Å². The van der Waals surface area contributed by atoms with Crippen molar-refractivity contribution in [2.75, 3.05) is 16.6 Å². The maximum Gasteiger partial charge on any atom is 0.338 e. The average Bonchev–Trinajstić information content (AvgIpc) is 2.76. The van der Waals surface area contributed by atoms with Crippen molar-refractivity contribution in [2.45, 2.75) is 32.6 Å². The van der Waals surface area contributed by atoms with E-state index >= 15 is 0 Å². The molecular formula is C25H26N2O5S. The molecule has 0 aliphatic heterocycles. The Kier molecular flexibility index (Phi) is 7.18. The smallest absolute Gasteiger partial charge is 0.338 e. The lowest BCUT2D eigenvalue weighted by molar-refractivity contribution is 0.0526. The summed E-state index contributed by atoms with van der Waals surface area (Å²) in [4.78, 5) is 24.5. The van der Waals surface area contributed by atoms with Gasteiger partial charge in [-0.1, -0.05) is 23.8 Å². The normalized spacial score (nSPS) is 11.0. The number of carbonyl (C=O) groups is 2. The first-order valence-corrected chi connectivity index (χ1v) is 11.9. The Morgan fingerprint density at radius 2 is 1.52 bits per heavy atom. The highest BCUT2D eigenvalue weighted by Gasteiger charge is 2.20. The van der Waals surface area contributed by atoms with E-state index < -0.39 is 21.9 Å². The third-order valence-electron chi connectivity index (χ3n) is 5.02. The van der Waals surface area contributed by atoms with Crippen molar-refractivity contribution in [1.82, 2.24) is 0 Å². The highest BCUT2D eigenvalue weighted by atomic mass is 32.2. The number of benzene rings is 3.